The molecule has 35 heavy (non-hydrogen) atoms. The Balaban J connectivity index is 1.26. The van der Waals surface area contributed by atoms with Gasteiger partial charge in [0.05, 0.1) is 11.6 Å². The molecule has 1 aliphatic rings. The van der Waals surface area contributed by atoms with Gasteiger partial charge in [0, 0.05) is 12.0 Å². The van der Waals surface area contributed by atoms with Gasteiger partial charge in [0.2, 0.25) is 5.89 Å². The van der Waals surface area contributed by atoms with Gasteiger partial charge in [0.15, 0.2) is 0 Å². The van der Waals surface area contributed by atoms with E-state index in [2.05, 4.69) is 10.1 Å². The lowest BCUT2D eigenvalue weighted by Crippen LogP contribution is -2.16. The van der Waals surface area contributed by atoms with Crippen LogP contribution >= 0.6 is 0 Å². The first-order valence-electron chi connectivity index (χ1n) is 11.6. The van der Waals surface area contributed by atoms with E-state index in [0.717, 1.165) is 39.6 Å². The molecule has 1 aromatic heterocycles. The highest BCUT2D eigenvalue weighted by Gasteiger charge is 2.20. The van der Waals surface area contributed by atoms with E-state index in [-0.39, 0.29) is 0 Å². The number of aryl methyl sites for hydroxylation is 1. The molecule has 0 radical (unpaired) electrons. The maximum atomic E-state index is 11.3. The predicted octanol–water partition coefficient (Wildman–Crippen LogP) is 6.10. The standard InChI is InChI=1S/C28H28N2O5/c1-3-25(28(31)32)21-11-13-23(14-12-21)30-34-17-20-9-15-24(16-10-20)33-18-26-19(2)35-27(29-26)22-7-5-4-6-8-22/h4-13,15-16,25H,3,14,17-18H2,1-2H3,(H,31,32). The van der Waals surface area contributed by atoms with Gasteiger partial charge in [-0.25, -0.2) is 4.98 Å². The zero-order valence-corrected chi connectivity index (χ0v) is 19.8. The molecule has 1 N–H and O–H groups in total. The third-order valence-electron chi connectivity index (χ3n) is 5.75. The number of carboxylic acids is 1. The fraction of sp³-hybridized carbons (Fsp3) is 0.250. The normalized spacial score (nSPS) is 15.0. The SMILES string of the molecule is CCC(C(=O)O)C1=CCC(=NOCc2ccc(OCc3nc(-c4ccccc4)oc3C)cc2)C=C1. The molecule has 1 unspecified atom stereocenters. The second-order valence-electron chi connectivity index (χ2n) is 8.22. The average molecular weight is 473 g/mol. The summed E-state index contributed by atoms with van der Waals surface area (Å²) < 4.78 is 11.7. The van der Waals surface area contributed by atoms with Crippen molar-refractivity contribution in [3.8, 4) is 17.2 Å². The van der Waals surface area contributed by atoms with Crippen molar-refractivity contribution in [3.63, 3.8) is 0 Å². The molecule has 7 nitrogen and oxygen atoms in total. The number of hydrogen-bond donors (Lipinski definition) is 1. The Hall–Kier alpha value is -4.13. The zero-order valence-electron chi connectivity index (χ0n) is 19.8. The van der Waals surface area contributed by atoms with Crippen LogP contribution in [0.5, 0.6) is 5.75 Å². The van der Waals surface area contributed by atoms with Crippen LogP contribution in [0.2, 0.25) is 0 Å². The number of aliphatic carboxylic acids is 1. The Morgan fingerprint density at radius 1 is 1.11 bits per heavy atom. The van der Waals surface area contributed by atoms with Gasteiger partial charge in [-0.05, 0) is 54.8 Å². The van der Waals surface area contributed by atoms with Gasteiger partial charge in [0.1, 0.15) is 30.4 Å². The summed E-state index contributed by atoms with van der Waals surface area (Å²) in [6.07, 6.45) is 6.62. The minimum atomic E-state index is -0.805. The van der Waals surface area contributed by atoms with E-state index in [1.807, 2.05) is 80.6 Å². The van der Waals surface area contributed by atoms with Gasteiger partial charge >= 0.3 is 5.97 Å². The van der Waals surface area contributed by atoms with E-state index in [1.165, 1.54) is 0 Å². The molecule has 0 saturated heterocycles. The molecule has 1 atom stereocenters. The molecular weight excluding hydrogens is 444 g/mol. The molecule has 0 spiro atoms. The first-order chi connectivity index (χ1) is 17.0. The molecule has 0 bridgehead atoms. The highest BCUT2D eigenvalue weighted by atomic mass is 16.6. The third kappa shape index (κ3) is 6.26. The van der Waals surface area contributed by atoms with Crippen LogP contribution < -0.4 is 4.74 Å². The van der Waals surface area contributed by atoms with E-state index >= 15 is 0 Å². The van der Waals surface area contributed by atoms with Crippen molar-refractivity contribution in [2.45, 2.75) is 39.9 Å². The molecule has 0 aliphatic heterocycles. The van der Waals surface area contributed by atoms with Crippen LogP contribution in [0.25, 0.3) is 11.5 Å². The summed E-state index contributed by atoms with van der Waals surface area (Å²) in [6.45, 7) is 4.39. The number of carbonyl (C=O) groups is 1. The fourth-order valence-electron chi connectivity index (χ4n) is 3.72. The molecule has 7 heteroatoms. The van der Waals surface area contributed by atoms with Gasteiger partial charge in [-0.2, -0.15) is 0 Å². The summed E-state index contributed by atoms with van der Waals surface area (Å²) in [6, 6.07) is 17.4. The van der Waals surface area contributed by atoms with E-state index < -0.39 is 11.9 Å². The van der Waals surface area contributed by atoms with Crippen molar-refractivity contribution in [2.75, 3.05) is 0 Å². The number of oxazole rings is 1. The van der Waals surface area contributed by atoms with Gasteiger partial charge < -0.3 is 19.1 Å². The van der Waals surface area contributed by atoms with Crippen molar-refractivity contribution in [2.24, 2.45) is 11.1 Å². The first-order valence-corrected chi connectivity index (χ1v) is 11.6. The topological polar surface area (TPSA) is 94.2 Å². The fourth-order valence-corrected chi connectivity index (χ4v) is 3.72. The largest absolute Gasteiger partial charge is 0.487 e. The maximum absolute atomic E-state index is 11.3. The average Bonchev–Trinajstić information content (AvgIpc) is 3.25. The molecule has 1 aliphatic carbocycles. The summed E-state index contributed by atoms with van der Waals surface area (Å²) in [4.78, 5) is 21.3. The predicted molar refractivity (Wildman–Crippen MR) is 133 cm³/mol. The van der Waals surface area contributed by atoms with Gasteiger partial charge in [-0.3, -0.25) is 4.79 Å². The Labute approximate surface area is 204 Å². The van der Waals surface area contributed by atoms with Crippen LogP contribution in [-0.4, -0.2) is 21.8 Å². The molecule has 0 saturated carbocycles. The second kappa shape index (κ2) is 11.3. The number of rotatable bonds is 10. The van der Waals surface area contributed by atoms with E-state index in [4.69, 9.17) is 14.0 Å². The third-order valence-corrected chi connectivity index (χ3v) is 5.75. The molecule has 1 heterocycles. The molecule has 0 amide bonds. The Morgan fingerprint density at radius 3 is 2.54 bits per heavy atom. The molecular formula is C28H28N2O5. The highest BCUT2D eigenvalue weighted by Crippen LogP contribution is 2.23. The van der Waals surface area contributed by atoms with Crippen LogP contribution in [-0.2, 0) is 22.8 Å². The Morgan fingerprint density at radius 2 is 1.89 bits per heavy atom. The number of oxime groups is 1. The maximum Gasteiger partial charge on any atom is 0.310 e. The number of carboxylic acid groups (broad SMARTS) is 1. The van der Waals surface area contributed by atoms with Crippen LogP contribution in [0, 0.1) is 12.8 Å². The van der Waals surface area contributed by atoms with Gasteiger partial charge in [0.25, 0.3) is 0 Å². The number of ether oxygens (including phenoxy) is 1. The van der Waals surface area contributed by atoms with Crippen molar-refractivity contribution in [1.29, 1.82) is 0 Å². The molecule has 2 aromatic carbocycles. The quantitative estimate of drug-likeness (QED) is 0.358. The monoisotopic (exact) mass is 472 g/mol. The summed E-state index contributed by atoms with van der Waals surface area (Å²) in [7, 11) is 0. The summed E-state index contributed by atoms with van der Waals surface area (Å²) in [5.74, 6) is 0.761. The highest BCUT2D eigenvalue weighted by molar-refractivity contribution is 5.97. The summed E-state index contributed by atoms with van der Waals surface area (Å²) >= 11 is 0. The first kappa shape index (κ1) is 24.0. The van der Waals surface area contributed by atoms with Crippen LogP contribution in [0.4, 0.5) is 0 Å². The Kier molecular flexibility index (Phi) is 7.77. The minimum Gasteiger partial charge on any atom is -0.487 e. The van der Waals surface area contributed by atoms with Crippen molar-refractivity contribution in [3.05, 3.63) is 95.4 Å². The summed E-state index contributed by atoms with van der Waals surface area (Å²) in [5, 5.41) is 13.4. The smallest absolute Gasteiger partial charge is 0.310 e. The lowest BCUT2D eigenvalue weighted by atomic mass is 9.92. The van der Waals surface area contributed by atoms with Gasteiger partial charge in [-0.15, -0.1) is 0 Å². The number of hydrogen-bond acceptors (Lipinski definition) is 6. The van der Waals surface area contributed by atoms with Crippen molar-refractivity contribution >= 4 is 11.7 Å². The van der Waals surface area contributed by atoms with Crippen LogP contribution in [0.3, 0.4) is 0 Å². The van der Waals surface area contributed by atoms with Crippen LogP contribution in [0.1, 0.15) is 36.8 Å². The van der Waals surface area contributed by atoms with Gasteiger partial charge in [-0.1, -0.05) is 54.6 Å². The lowest BCUT2D eigenvalue weighted by Gasteiger charge is -2.14. The number of benzene rings is 2. The zero-order chi connectivity index (χ0) is 24.6. The summed E-state index contributed by atoms with van der Waals surface area (Å²) in [5.41, 5.74) is 4.22. The number of aromatic nitrogens is 1. The van der Waals surface area contributed by atoms with Crippen LogP contribution in [0.15, 0.2) is 88.0 Å². The lowest BCUT2D eigenvalue weighted by molar-refractivity contribution is -0.140. The Bertz CT molecular complexity index is 1240. The molecule has 4 rings (SSSR count). The molecule has 3 aromatic rings. The van der Waals surface area contributed by atoms with E-state index in [1.54, 1.807) is 6.08 Å². The van der Waals surface area contributed by atoms with Crippen molar-refractivity contribution < 1.29 is 23.9 Å². The van der Waals surface area contributed by atoms with E-state index in [0.29, 0.717) is 31.9 Å². The number of nitrogens with zero attached hydrogens (tertiary/aromatic N) is 2. The van der Waals surface area contributed by atoms with E-state index in [9.17, 15) is 9.90 Å². The second-order valence-corrected chi connectivity index (χ2v) is 8.22. The molecule has 0 fully saturated rings. The van der Waals surface area contributed by atoms with Crippen molar-refractivity contribution in [1.82, 2.24) is 4.98 Å². The minimum absolute atomic E-state index is 0.314. The molecule has 180 valence electrons. The number of allylic oxidation sites excluding steroid dienone is 3.